The molecule has 2 rings (SSSR count). The molecule has 10 heteroatoms. The Morgan fingerprint density at radius 1 is 1.37 bits per heavy atom. The van der Waals surface area contributed by atoms with Gasteiger partial charge >= 0.3 is 5.97 Å². The molecule has 1 saturated heterocycles. The van der Waals surface area contributed by atoms with E-state index in [9.17, 15) is 18.0 Å². The van der Waals surface area contributed by atoms with Crippen LogP contribution in [0.15, 0.2) is 23.1 Å². The Hall–Kier alpha value is -1.68. The van der Waals surface area contributed by atoms with Crippen molar-refractivity contribution in [3.63, 3.8) is 0 Å². The van der Waals surface area contributed by atoms with Crippen molar-refractivity contribution in [2.24, 2.45) is 11.7 Å². The average molecular weight is 420 g/mol. The first-order valence-electron chi connectivity index (χ1n) is 8.48. The second-order valence-electron chi connectivity index (χ2n) is 6.25. The SMILES string of the molecule is COC(=O)c1ccc(S(=O)(=O)N2CCCC(C(=O)NCCN)C2)c(C)c1.Cl. The van der Waals surface area contributed by atoms with Gasteiger partial charge in [-0.05, 0) is 43.5 Å². The average Bonchev–Trinajstić information content (AvgIpc) is 2.65. The van der Waals surface area contributed by atoms with Crippen LogP contribution < -0.4 is 11.1 Å². The number of hydrogen-bond acceptors (Lipinski definition) is 6. The van der Waals surface area contributed by atoms with E-state index in [0.717, 1.165) is 0 Å². The van der Waals surface area contributed by atoms with E-state index < -0.39 is 16.0 Å². The normalized spacial score (nSPS) is 17.7. The number of aryl methyl sites for hydroxylation is 1. The maximum Gasteiger partial charge on any atom is 0.337 e. The van der Waals surface area contributed by atoms with Crippen molar-refractivity contribution in [1.29, 1.82) is 0 Å². The van der Waals surface area contributed by atoms with Gasteiger partial charge in [-0.3, -0.25) is 4.79 Å². The Morgan fingerprint density at radius 3 is 2.67 bits per heavy atom. The topological polar surface area (TPSA) is 119 Å². The van der Waals surface area contributed by atoms with Crippen molar-refractivity contribution in [2.45, 2.75) is 24.7 Å². The molecule has 1 aromatic rings. The van der Waals surface area contributed by atoms with Gasteiger partial charge in [0.25, 0.3) is 0 Å². The predicted molar refractivity (Wildman–Crippen MR) is 103 cm³/mol. The van der Waals surface area contributed by atoms with Crippen molar-refractivity contribution < 1.29 is 22.7 Å². The molecule has 1 unspecified atom stereocenters. The van der Waals surface area contributed by atoms with Crippen LogP contribution >= 0.6 is 12.4 Å². The Kier molecular flexibility index (Phi) is 8.67. The summed E-state index contributed by atoms with van der Waals surface area (Å²) in [6, 6.07) is 4.34. The summed E-state index contributed by atoms with van der Waals surface area (Å²) in [4.78, 5) is 23.9. The van der Waals surface area contributed by atoms with Gasteiger partial charge in [0.1, 0.15) is 0 Å². The highest BCUT2D eigenvalue weighted by Gasteiger charge is 2.34. The van der Waals surface area contributed by atoms with E-state index in [1.54, 1.807) is 6.92 Å². The number of nitrogens with zero attached hydrogens (tertiary/aromatic N) is 1. The number of esters is 1. The number of hydrogen-bond donors (Lipinski definition) is 2. The van der Waals surface area contributed by atoms with Gasteiger partial charge in [-0.25, -0.2) is 13.2 Å². The van der Waals surface area contributed by atoms with Gasteiger partial charge < -0.3 is 15.8 Å². The van der Waals surface area contributed by atoms with Gasteiger partial charge in [0.05, 0.1) is 23.5 Å². The number of rotatable bonds is 6. The molecule has 1 heterocycles. The zero-order valence-electron chi connectivity index (χ0n) is 15.4. The van der Waals surface area contributed by atoms with E-state index in [-0.39, 0.29) is 35.7 Å². The lowest BCUT2D eigenvalue weighted by Crippen LogP contribution is -2.46. The first-order chi connectivity index (χ1) is 12.3. The Labute approximate surface area is 165 Å². The molecule has 27 heavy (non-hydrogen) atoms. The highest BCUT2D eigenvalue weighted by Crippen LogP contribution is 2.26. The molecule has 1 aliphatic heterocycles. The van der Waals surface area contributed by atoms with Crippen LogP contribution in [-0.2, 0) is 19.6 Å². The summed E-state index contributed by atoms with van der Waals surface area (Å²) in [6.45, 7) is 2.84. The standard InChI is InChI=1S/C17H25N3O5S.ClH/c1-12-10-13(17(22)25-2)5-6-15(12)26(23,24)20-9-3-4-14(11-20)16(21)19-8-7-18;/h5-6,10,14H,3-4,7-9,11,18H2,1-2H3,(H,19,21);1H. The second-order valence-corrected chi connectivity index (χ2v) is 8.16. The van der Waals surface area contributed by atoms with Crippen molar-refractivity contribution in [3.05, 3.63) is 29.3 Å². The van der Waals surface area contributed by atoms with Gasteiger partial charge in [-0.1, -0.05) is 0 Å². The zero-order valence-corrected chi connectivity index (χ0v) is 17.1. The number of carbonyl (C=O) groups excluding carboxylic acids is 2. The molecule has 1 aromatic carbocycles. The lowest BCUT2D eigenvalue weighted by Gasteiger charge is -2.31. The summed E-state index contributed by atoms with van der Waals surface area (Å²) >= 11 is 0. The number of amides is 1. The van der Waals surface area contributed by atoms with E-state index in [4.69, 9.17) is 5.73 Å². The van der Waals surface area contributed by atoms with Crippen LogP contribution in [0.25, 0.3) is 0 Å². The minimum Gasteiger partial charge on any atom is -0.465 e. The first-order valence-corrected chi connectivity index (χ1v) is 9.92. The van der Waals surface area contributed by atoms with Crippen LogP contribution in [0.4, 0.5) is 0 Å². The number of piperidine rings is 1. The van der Waals surface area contributed by atoms with E-state index >= 15 is 0 Å². The molecule has 152 valence electrons. The lowest BCUT2D eigenvalue weighted by atomic mass is 9.99. The van der Waals surface area contributed by atoms with Gasteiger partial charge in [0.2, 0.25) is 15.9 Å². The third-order valence-corrected chi connectivity index (χ3v) is 6.44. The highest BCUT2D eigenvalue weighted by molar-refractivity contribution is 7.89. The van der Waals surface area contributed by atoms with E-state index in [1.165, 1.54) is 29.6 Å². The molecule has 0 bridgehead atoms. The zero-order chi connectivity index (χ0) is 19.3. The fourth-order valence-corrected chi connectivity index (χ4v) is 4.77. The molecule has 1 fully saturated rings. The number of sulfonamides is 1. The third kappa shape index (κ3) is 5.41. The smallest absolute Gasteiger partial charge is 0.337 e. The van der Waals surface area contributed by atoms with Crippen LogP contribution in [0, 0.1) is 12.8 Å². The second kappa shape index (κ2) is 10.0. The van der Waals surface area contributed by atoms with Crippen molar-refractivity contribution in [3.8, 4) is 0 Å². The lowest BCUT2D eigenvalue weighted by molar-refractivity contribution is -0.126. The monoisotopic (exact) mass is 419 g/mol. The fraction of sp³-hybridized carbons (Fsp3) is 0.529. The number of methoxy groups -OCH3 is 1. The molecular weight excluding hydrogens is 394 g/mol. The quantitative estimate of drug-likeness (QED) is 0.654. The molecule has 1 atom stereocenters. The first kappa shape index (κ1) is 23.4. The van der Waals surface area contributed by atoms with Crippen LogP contribution in [-0.4, -0.2) is 57.9 Å². The summed E-state index contributed by atoms with van der Waals surface area (Å²) in [7, 11) is -2.48. The molecule has 8 nitrogen and oxygen atoms in total. The highest BCUT2D eigenvalue weighted by atomic mass is 35.5. The fourth-order valence-electron chi connectivity index (χ4n) is 3.04. The summed E-state index contributed by atoms with van der Waals surface area (Å²) < 4.78 is 32.0. The van der Waals surface area contributed by atoms with Crippen molar-refractivity contribution >= 4 is 34.3 Å². The molecule has 1 aliphatic rings. The molecule has 0 aliphatic carbocycles. The molecule has 3 N–H and O–H groups in total. The summed E-state index contributed by atoms with van der Waals surface area (Å²) in [5.74, 6) is -1.08. The minimum absolute atomic E-state index is 0. The van der Waals surface area contributed by atoms with Crippen molar-refractivity contribution in [1.82, 2.24) is 9.62 Å². The molecule has 0 aromatic heterocycles. The number of benzene rings is 1. The summed E-state index contributed by atoms with van der Waals surface area (Å²) in [5.41, 5.74) is 6.14. The Bertz CT molecular complexity index is 785. The summed E-state index contributed by atoms with van der Waals surface area (Å²) in [5, 5.41) is 2.71. The maximum absolute atomic E-state index is 13.0. The maximum atomic E-state index is 13.0. The van der Waals surface area contributed by atoms with Crippen molar-refractivity contribution in [2.75, 3.05) is 33.3 Å². The third-order valence-electron chi connectivity index (χ3n) is 4.41. The number of carbonyl (C=O) groups is 2. The Morgan fingerprint density at radius 2 is 2.07 bits per heavy atom. The number of nitrogens with two attached hydrogens (primary N) is 1. The predicted octanol–water partition coefficient (Wildman–Crippen LogP) is 0.679. The number of ether oxygens (including phenoxy) is 1. The molecular formula is C17H26ClN3O5S. The van der Waals surface area contributed by atoms with Gasteiger partial charge in [-0.15, -0.1) is 12.4 Å². The minimum atomic E-state index is -3.75. The summed E-state index contributed by atoms with van der Waals surface area (Å²) in [6.07, 6.45) is 1.25. The molecule has 0 saturated carbocycles. The number of nitrogens with one attached hydrogen (secondary N) is 1. The van der Waals surface area contributed by atoms with Gasteiger partial charge in [-0.2, -0.15) is 4.31 Å². The van der Waals surface area contributed by atoms with E-state index in [2.05, 4.69) is 10.1 Å². The largest absolute Gasteiger partial charge is 0.465 e. The van der Waals surface area contributed by atoms with E-state index in [1.807, 2.05) is 0 Å². The molecule has 0 radical (unpaired) electrons. The van der Waals surface area contributed by atoms with Gasteiger partial charge in [0, 0.05) is 26.2 Å². The molecule has 1 amide bonds. The van der Waals surface area contributed by atoms with Crippen LogP contribution in [0.5, 0.6) is 0 Å². The van der Waals surface area contributed by atoms with Crippen LogP contribution in [0.1, 0.15) is 28.8 Å². The van der Waals surface area contributed by atoms with Crippen LogP contribution in [0.2, 0.25) is 0 Å². The molecule has 0 spiro atoms. The van der Waals surface area contributed by atoms with E-state index in [0.29, 0.717) is 43.6 Å². The number of halogens is 1. The Balaban J connectivity index is 0.00000364. The van der Waals surface area contributed by atoms with Crippen LogP contribution in [0.3, 0.4) is 0 Å². The van der Waals surface area contributed by atoms with Gasteiger partial charge in [0.15, 0.2) is 0 Å².